The molecule has 0 aromatic carbocycles. The van der Waals surface area contributed by atoms with Crippen LogP contribution in [0.5, 0.6) is 0 Å². The lowest BCUT2D eigenvalue weighted by molar-refractivity contribution is -0.344. The Morgan fingerprint density at radius 2 is 1.24 bits per heavy atom. The Morgan fingerprint density at radius 3 is 1.67 bits per heavy atom. The Bertz CT molecular complexity index is 359. The molecule has 1 N–H and O–H groups in total. The minimum atomic E-state index is -6.49. The van der Waals surface area contributed by atoms with Crippen LogP contribution in [0.2, 0.25) is 0 Å². The highest BCUT2D eigenvalue weighted by atomic mass is 19.4. The SMILES string of the molecule is O=C(NC1CCCCCCC1)C(F)(F)C(F)(F)C(F)(F)F. The highest BCUT2D eigenvalue weighted by Crippen LogP contribution is 2.46. The van der Waals surface area contributed by atoms with Crippen molar-refractivity contribution >= 4 is 5.91 Å². The van der Waals surface area contributed by atoms with Gasteiger partial charge >= 0.3 is 18.0 Å². The van der Waals surface area contributed by atoms with Crippen molar-refractivity contribution in [3.63, 3.8) is 0 Å². The lowest BCUT2D eigenvalue weighted by Crippen LogP contribution is -2.60. The summed E-state index contributed by atoms with van der Waals surface area (Å²) < 4.78 is 87.7. The van der Waals surface area contributed by atoms with Gasteiger partial charge in [0.25, 0.3) is 5.91 Å². The molecule has 9 heteroatoms. The molecule has 0 saturated heterocycles. The van der Waals surface area contributed by atoms with Gasteiger partial charge in [0, 0.05) is 6.04 Å². The number of carbonyl (C=O) groups is 1. The summed E-state index contributed by atoms with van der Waals surface area (Å²) >= 11 is 0. The molecular weight excluding hydrogens is 307 g/mol. The number of carbonyl (C=O) groups excluding carboxylic acids is 1. The predicted molar refractivity (Wildman–Crippen MR) is 60.2 cm³/mol. The molecule has 21 heavy (non-hydrogen) atoms. The quantitative estimate of drug-likeness (QED) is 0.780. The van der Waals surface area contributed by atoms with Gasteiger partial charge in [0.15, 0.2) is 0 Å². The maximum atomic E-state index is 13.1. The van der Waals surface area contributed by atoms with Crippen molar-refractivity contribution in [1.29, 1.82) is 0 Å². The van der Waals surface area contributed by atoms with E-state index in [-0.39, 0.29) is 0 Å². The monoisotopic (exact) mass is 323 g/mol. The minimum absolute atomic E-state index is 0.291. The van der Waals surface area contributed by atoms with Crippen LogP contribution in [0.4, 0.5) is 30.7 Å². The maximum Gasteiger partial charge on any atom is 0.460 e. The second-order valence-corrected chi connectivity index (χ2v) is 5.16. The molecule has 0 aromatic rings. The molecule has 0 aliphatic heterocycles. The van der Waals surface area contributed by atoms with Crippen molar-refractivity contribution in [2.24, 2.45) is 0 Å². The fraction of sp³-hybridized carbons (Fsp3) is 0.917. The molecule has 124 valence electrons. The highest BCUT2D eigenvalue weighted by Gasteiger charge is 2.76. The first-order chi connectivity index (χ1) is 9.50. The summed E-state index contributed by atoms with van der Waals surface area (Å²) in [4.78, 5) is 11.2. The van der Waals surface area contributed by atoms with Gasteiger partial charge in [0.05, 0.1) is 0 Å². The normalized spacial score (nSPS) is 19.8. The molecule has 0 aromatic heterocycles. The molecule has 1 saturated carbocycles. The molecule has 1 rings (SSSR count). The number of alkyl halides is 7. The Labute approximate surface area is 117 Å². The van der Waals surface area contributed by atoms with Crippen LogP contribution in [0.15, 0.2) is 0 Å². The van der Waals surface area contributed by atoms with E-state index in [4.69, 9.17) is 0 Å². The zero-order valence-corrected chi connectivity index (χ0v) is 11.1. The fourth-order valence-corrected chi connectivity index (χ4v) is 2.20. The van der Waals surface area contributed by atoms with Crippen molar-refractivity contribution in [3.8, 4) is 0 Å². The van der Waals surface area contributed by atoms with Crippen LogP contribution in [0.3, 0.4) is 0 Å². The molecule has 0 unspecified atom stereocenters. The second kappa shape index (κ2) is 6.39. The fourth-order valence-electron chi connectivity index (χ4n) is 2.20. The molecule has 1 aliphatic carbocycles. The lowest BCUT2D eigenvalue weighted by atomic mass is 9.96. The standard InChI is InChI=1S/C12H16F7NO/c13-10(14,11(15,16)12(17,18)19)9(21)20-8-6-4-2-1-3-5-7-8/h8H,1-7H2,(H,20,21). The molecule has 1 fully saturated rings. The van der Waals surface area contributed by atoms with Gasteiger partial charge in [-0.05, 0) is 12.8 Å². The van der Waals surface area contributed by atoms with E-state index in [0.29, 0.717) is 25.7 Å². The molecule has 0 heterocycles. The van der Waals surface area contributed by atoms with E-state index in [2.05, 4.69) is 0 Å². The molecular formula is C12H16F7NO. The molecule has 1 amide bonds. The van der Waals surface area contributed by atoms with Crippen LogP contribution >= 0.6 is 0 Å². The van der Waals surface area contributed by atoms with Gasteiger partial charge in [-0.3, -0.25) is 4.79 Å². The molecule has 2 nitrogen and oxygen atoms in total. The summed E-state index contributed by atoms with van der Waals surface area (Å²) in [7, 11) is 0. The van der Waals surface area contributed by atoms with Crippen LogP contribution in [-0.4, -0.2) is 30.0 Å². The van der Waals surface area contributed by atoms with Gasteiger partial charge < -0.3 is 5.32 Å². The number of amides is 1. The third-order valence-corrected chi connectivity index (χ3v) is 3.48. The zero-order chi connectivity index (χ0) is 16.3. The van der Waals surface area contributed by atoms with Crippen molar-refractivity contribution in [3.05, 3.63) is 0 Å². The summed E-state index contributed by atoms with van der Waals surface area (Å²) in [6.45, 7) is 0. The van der Waals surface area contributed by atoms with E-state index >= 15 is 0 Å². The molecule has 0 spiro atoms. The smallest absolute Gasteiger partial charge is 0.348 e. The van der Waals surface area contributed by atoms with Crippen molar-refractivity contribution < 1.29 is 35.5 Å². The van der Waals surface area contributed by atoms with E-state index in [1.165, 1.54) is 0 Å². The summed E-state index contributed by atoms with van der Waals surface area (Å²) in [5.74, 6) is -14.8. The summed E-state index contributed by atoms with van der Waals surface area (Å²) in [5.41, 5.74) is 0. The van der Waals surface area contributed by atoms with Crippen LogP contribution in [0.1, 0.15) is 44.9 Å². The first kappa shape index (κ1) is 18.0. The maximum absolute atomic E-state index is 13.1. The van der Waals surface area contributed by atoms with E-state index in [1.54, 1.807) is 5.32 Å². The van der Waals surface area contributed by atoms with E-state index in [0.717, 1.165) is 19.3 Å². The first-order valence-electron chi connectivity index (χ1n) is 6.63. The lowest BCUT2D eigenvalue weighted by Gasteiger charge is -2.29. The third kappa shape index (κ3) is 4.00. The van der Waals surface area contributed by atoms with Crippen molar-refractivity contribution in [2.75, 3.05) is 0 Å². The van der Waals surface area contributed by atoms with E-state index < -0.39 is 30.0 Å². The topological polar surface area (TPSA) is 29.1 Å². The predicted octanol–water partition coefficient (Wildman–Crippen LogP) is 4.05. The number of rotatable bonds is 3. The minimum Gasteiger partial charge on any atom is -0.348 e. The number of hydrogen-bond donors (Lipinski definition) is 1. The Hall–Kier alpha value is -1.02. The molecule has 0 atom stereocenters. The van der Waals surface area contributed by atoms with Crippen LogP contribution < -0.4 is 5.32 Å². The van der Waals surface area contributed by atoms with Gasteiger partial charge in [-0.2, -0.15) is 30.7 Å². The van der Waals surface area contributed by atoms with Gasteiger partial charge in [0.2, 0.25) is 0 Å². The van der Waals surface area contributed by atoms with E-state index in [9.17, 15) is 35.5 Å². The molecule has 0 radical (unpaired) electrons. The molecule has 1 aliphatic rings. The number of nitrogens with one attached hydrogen (secondary N) is 1. The van der Waals surface area contributed by atoms with Gasteiger partial charge in [-0.25, -0.2) is 0 Å². The van der Waals surface area contributed by atoms with Crippen molar-refractivity contribution in [2.45, 2.75) is 69.0 Å². The second-order valence-electron chi connectivity index (χ2n) is 5.16. The third-order valence-electron chi connectivity index (χ3n) is 3.48. The summed E-state index contributed by atoms with van der Waals surface area (Å²) in [6.07, 6.45) is -2.14. The number of halogens is 7. The van der Waals surface area contributed by atoms with Crippen LogP contribution in [0.25, 0.3) is 0 Å². The zero-order valence-electron chi connectivity index (χ0n) is 11.1. The summed E-state index contributed by atoms with van der Waals surface area (Å²) in [6, 6.07) is -0.798. The van der Waals surface area contributed by atoms with Gasteiger partial charge in [-0.1, -0.05) is 32.1 Å². The van der Waals surface area contributed by atoms with Crippen LogP contribution in [0, 0.1) is 0 Å². The highest BCUT2D eigenvalue weighted by molar-refractivity contribution is 5.85. The Balaban J connectivity index is 2.76. The Kier molecular flexibility index (Phi) is 5.49. The van der Waals surface area contributed by atoms with E-state index in [1.807, 2.05) is 0 Å². The van der Waals surface area contributed by atoms with Crippen LogP contribution in [-0.2, 0) is 4.79 Å². The average molecular weight is 323 g/mol. The Morgan fingerprint density at radius 1 is 0.810 bits per heavy atom. The first-order valence-corrected chi connectivity index (χ1v) is 6.63. The molecule has 0 bridgehead atoms. The van der Waals surface area contributed by atoms with Gasteiger partial charge in [-0.15, -0.1) is 0 Å². The number of hydrogen-bond acceptors (Lipinski definition) is 1. The van der Waals surface area contributed by atoms with Gasteiger partial charge in [0.1, 0.15) is 0 Å². The van der Waals surface area contributed by atoms with Crippen molar-refractivity contribution in [1.82, 2.24) is 5.32 Å². The average Bonchev–Trinajstić information content (AvgIpc) is 2.30. The largest absolute Gasteiger partial charge is 0.460 e. The summed E-state index contributed by atoms with van der Waals surface area (Å²) in [5, 5.41) is 1.64.